The minimum absolute atomic E-state index is 0.0294. The molecule has 3 heterocycles. The number of phenolic OH excluding ortho intramolecular Hbond substituents is 1. The number of ether oxygens (including phenoxy) is 1. The number of aliphatic hydroxyl groups excluding tert-OH is 8. The van der Waals surface area contributed by atoms with Crippen LogP contribution in [0.3, 0.4) is 0 Å². The molecular formula is C60H75N5O17. The Kier molecular flexibility index (Phi) is 21.1. The van der Waals surface area contributed by atoms with Crippen LogP contribution >= 0.6 is 0 Å². The van der Waals surface area contributed by atoms with E-state index in [4.69, 9.17) is 4.74 Å². The van der Waals surface area contributed by atoms with E-state index in [1.807, 2.05) is 48.5 Å². The molecule has 22 nitrogen and oxygen atoms in total. The van der Waals surface area contributed by atoms with Crippen molar-refractivity contribution in [2.45, 2.75) is 146 Å². The van der Waals surface area contributed by atoms with Crippen LogP contribution < -0.4 is 20.7 Å². The fraction of sp³-hybridized carbons (Fsp3) is 0.483. The van der Waals surface area contributed by atoms with Gasteiger partial charge in [0.1, 0.15) is 35.7 Å². The SMILES string of the molecule is CCCCCOc1ccc(-c2ccc(-c3ccc(C(=O)C[C@H]4C[C@@H](O)[C@@H](O)NC(=O)[C@@H]5[C@@H](O)[C@@H](C)CN5C(=O)[C@H]([C@@H](C)O)NC(=O)[C@H]([C@H](O)[C@@H](O)c5ccc(O)cc5)CC(=O)[C@@H]5C[C@@H](O)CN5C(=O)[C@H]([C@@H](C)O)NC4=O)cc3)cc2)cc1. The number of benzene rings is 4. The number of fused-ring (bicyclic) bond motifs is 2. The lowest BCUT2D eigenvalue weighted by Gasteiger charge is -2.33. The van der Waals surface area contributed by atoms with E-state index in [-0.39, 0.29) is 23.4 Å². The molecule has 0 aromatic heterocycles. The van der Waals surface area contributed by atoms with Gasteiger partial charge in [-0.25, -0.2) is 0 Å². The second-order valence-electron chi connectivity index (χ2n) is 21.9. The van der Waals surface area contributed by atoms with Crippen molar-refractivity contribution in [2.24, 2.45) is 17.8 Å². The first-order chi connectivity index (χ1) is 39.0. The maximum atomic E-state index is 14.5. The molecule has 0 unspecified atom stereocenters. The molecule has 12 N–H and O–H groups in total. The fourth-order valence-electron chi connectivity index (χ4n) is 10.8. The molecule has 0 aliphatic carbocycles. The molecule has 0 radical (unpaired) electrons. The monoisotopic (exact) mass is 1140 g/mol. The summed E-state index contributed by atoms with van der Waals surface area (Å²) < 4.78 is 5.85. The van der Waals surface area contributed by atoms with Crippen LogP contribution in [-0.2, 0) is 28.8 Å². The van der Waals surface area contributed by atoms with E-state index in [0.717, 1.165) is 70.9 Å². The van der Waals surface area contributed by atoms with E-state index in [1.54, 1.807) is 12.1 Å². The van der Waals surface area contributed by atoms with Gasteiger partial charge >= 0.3 is 0 Å². The van der Waals surface area contributed by atoms with Crippen LogP contribution in [0.15, 0.2) is 97.1 Å². The number of aliphatic hydroxyl groups is 8. The molecule has 4 aromatic rings. The van der Waals surface area contributed by atoms with E-state index in [9.17, 15) is 79.5 Å². The molecule has 0 saturated carbocycles. The van der Waals surface area contributed by atoms with Crippen molar-refractivity contribution in [1.29, 1.82) is 0 Å². The molecule has 3 aliphatic heterocycles. The van der Waals surface area contributed by atoms with Gasteiger partial charge in [0, 0.05) is 49.8 Å². The number of hydrogen-bond acceptors (Lipinski definition) is 17. The number of carbonyl (C=O) groups is 7. The molecule has 22 heteroatoms. The number of rotatable bonds is 15. The van der Waals surface area contributed by atoms with Crippen molar-refractivity contribution in [1.82, 2.24) is 25.8 Å². The molecule has 3 aliphatic rings. The Bertz CT molecular complexity index is 2870. The minimum atomic E-state index is -2.24. The van der Waals surface area contributed by atoms with Gasteiger partial charge in [0.15, 0.2) is 17.8 Å². The van der Waals surface area contributed by atoms with Gasteiger partial charge in [-0.3, -0.25) is 33.6 Å². The molecule has 442 valence electrons. The van der Waals surface area contributed by atoms with E-state index < -0.39 is 164 Å². The highest BCUT2D eigenvalue weighted by Gasteiger charge is 2.50. The first-order valence-electron chi connectivity index (χ1n) is 27.7. The van der Waals surface area contributed by atoms with Crippen LogP contribution in [0.4, 0.5) is 0 Å². The highest BCUT2D eigenvalue weighted by atomic mass is 16.5. The third kappa shape index (κ3) is 14.9. The third-order valence-corrected chi connectivity index (χ3v) is 15.6. The summed E-state index contributed by atoms with van der Waals surface area (Å²) in [6, 6.07) is 19.6. The molecule has 4 aromatic carbocycles. The number of ketones is 2. The number of carbonyl (C=O) groups excluding carboxylic acids is 7. The zero-order valence-corrected chi connectivity index (χ0v) is 46.2. The van der Waals surface area contributed by atoms with Crippen molar-refractivity contribution in [3.05, 3.63) is 108 Å². The Morgan fingerprint density at radius 1 is 0.659 bits per heavy atom. The lowest BCUT2D eigenvalue weighted by Crippen LogP contribution is -2.60. The second kappa shape index (κ2) is 27.7. The first kappa shape index (κ1) is 62.5. The van der Waals surface area contributed by atoms with Gasteiger partial charge in [0.05, 0.1) is 55.2 Å². The van der Waals surface area contributed by atoms with Crippen LogP contribution in [0.1, 0.15) is 94.7 Å². The Labute approximate surface area is 474 Å². The molecule has 7 rings (SSSR count). The molecule has 82 heavy (non-hydrogen) atoms. The number of unbranched alkanes of at least 4 members (excludes halogenated alkanes) is 2. The topological polar surface area (TPSA) is 353 Å². The number of amides is 5. The van der Waals surface area contributed by atoms with Gasteiger partial charge in [-0.2, -0.15) is 0 Å². The van der Waals surface area contributed by atoms with E-state index in [1.165, 1.54) is 43.3 Å². The largest absolute Gasteiger partial charge is 0.508 e. The highest BCUT2D eigenvalue weighted by Crippen LogP contribution is 2.32. The maximum absolute atomic E-state index is 14.5. The quantitative estimate of drug-likeness (QED) is 0.0589. The summed E-state index contributed by atoms with van der Waals surface area (Å²) in [5, 5.41) is 107. The average molecular weight is 1140 g/mol. The summed E-state index contributed by atoms with van der Waals surface area (Å²) in [7, 11) is 0. The highest BCUT2D eigenvalue weighted by molar-refractivity contribution is 6.01. The van der Waals surface area contributed by atoms with E-state index >= 15 is 0 Å². The number of Topliss-reactive ketones (excluding diaryl/α,β-unsaturated/α-hetero) is 2. The van der Waals surface area contributed by atoms with Gasteiger partial charge in [0.25, 0.3) is 0 Å². The molecule has 3 fully saturated rings. The number of aromatic hydroxyl groups is 1. The molecule has 5 amide bonds. The average Bonchev–Trinajstić information content (AvgIpc) is 4.06. The summed E-state index contributed by atoms with van der Waals surface area (Å²) in [5.74, 6) is -11.3. The van der Waals surface area contributed by atoms with Crippen LogP contribution in [0, 0.1) is 17.8 Å². The zero-order valence-electron chi connectivity index (χ0n) is 46.2. The van der Waals surface area contributed by atoms with Crippen molar-refractivity contribution in [3.8, 4) is 33.8 Å². The number of phenols is 1. The van der Waals surface area contributed by atoms with Crippen LogP contribution in [0.2, 0.25) is 0 Å². The van der Waals surface area contributed by atoms with Crippen molar-refractivity contribution < 1.29 is 84.3 Å². The van der Waals surface area contributed by atoms with E-state index in [2.05, 4.69) is 22.9 Å². The minimum Gasteiger partial charge on any atom is -0.508 e. The fourth-order valence-corrected chi connectivity index (χ4v) is 10.8. The van der Waals surface area contributed by atoms with Crippen LogP contribution in [-0.4, -0.2) is 184 Å². The summed E-state index contributed by atoms with van der Waals surface area (Å²) in [6.45, 7) is 5.64. The summed E-state index contributed by atoms with van der Waals surface area (Å²) >= 11 is 0. The van der Waals surface area contributed by atoms with Crippen LogP contribution in [0.25, 0.3) is 22.3 Å². The second-order valence-corrected chi connectivity index (χ2v) is 21.9. The molecule has 0 bridgehead atoms. The number of nitrogens with one attached hydrogen (secondary N) is 3. The number of hydrogen-bond donors (Lipinski definition) is 12. The smallest absolute Gasteiger partial charge is 0.248 e. The normalized spacial score (nSPS) is 27.7. The van der Waals surface area contributed by atoms with Crippen molar-refractivity contribution in [3.63, 3.8) is 0 Å². The summed E-state index contributed by atoms with van der Waals surface area (Å²) in [5.41, 5.74) is 3.62. The molecular weight excluding hydrogens is 1060 g/mol. The van der Waals surface area contributed by atoms with Gasteiger partial charge in [0.2, 0.25) is 29.5 Å². The van der Waals surface area contributed by atoms with Crippen molar-refractivity contribution >= 4 is 41.1 Å². The third-order valence-electron chi connectivity index (χ3n) is 15.6. The van der Waals surface area contributed by atoms with Crippen LogP contribution in [0.5, 0.6) is 11.5 Å². The Morgan fingerprint density at radius 3 is 1.76 bits per heavy atom. The van der Waals surface area contributed by atoms with Crippen molar-refractivity contribution in [2.75, 3.05) is 19.7 Å². The zero-order chi connectivity index (χ0) is 59.7. The first-order valence-corrected chi connectivity index (χ1v) is 27.7. The van der Waals surface area contributed by atoms with Gasteiger partial charge in [-0.1, -0.05) is 99.5 Å². The Hall–Kier alpha value is -7.15. The molecule has 15 atom stereocenters. The number of nitrogens with zero attached hydrogens (tertiary/aromatic N) is 2. The van der Waals surface area contributed by atoms with Gasteiger partial charge < -0.3 is 76.4 Å². The molecule has 0 spiro atoms. The lowest BCUT2D eigenvalue weighted by molar-refractivity contribution is -0.149. The predicted molar refractivity (Wildman–Crippen MR) is 296 cm³/mol. The standard InChI is InChI=1S/C60H75N5O17/c1-5-6-7-24-82-43-22-18-37(19-23-43)35-10-8-34(9-11-35)36-12-14-38(15-13-36)46(70)25-40-26-48(72)57(78)63-58(79)51-52(73)31(2)29-65(51)60(81)50(33(4)67)62-56(77)44(54(75)53(74)39-16-20-41(68)21-17-39)28-47(71)45-27-42(69)30-64(45)59(80)49(32(3)66)61-55(40)76/h8-23,31-33,40,42,44-45,48-54,57,66-69,72-75,78H,5-7,24-30H2,1-4H3,(H,61,76)(H,62,77)(H,63,79)/t31-,32+,33+,40-,42+,44-,45-,48+,49-,50-,51-,52-,53-,54-,57+/m0/s1. The van der Waals surface area contributed by atoms with E-state index in [0.29, 0.717) is 6.61 Å². The van der Waals surface area contributed by atoms with Gasteiger partial charge in [-0.15, -0.1) is 0 Å². The predicted octanol–water partition coefficient (Wildman–Crippen LogP) is 1.25. The summed E-state index contributed by atoms with van der Waals surface area (Å²) in [6.07, 6.45) is -14.6. The van der Waals surface area contributed by atoms with Gasteiger partial charge in [-0.05, 0) is 78.8 Å². The Morgan fingerprint density at radius 2 is 1.20 bits per heavy atom. The maximum Gasteiger partial charge on any atom is 0.248 e. The Balaban J connectivity index is 1.18. The lowest BCUT2D eigenvalue weighted by atomic mass is 9.86. The summed E-state index contributed by atoms with van der Waals surface area (Å²) in [4.78, 5) is 102. The molecule has 3 saturated heterocycles.